The number of nitrogens with two attached hydrogens (primary N) is 1. The minimum absolute atomic E-state index is 0. The average molecular weight is 291 g/mol. The van der Waals surface area contributed by atoms with E-state index in [9.17, 15) is 0 Å². The first-order valence-electron chi connectivity index (χ1n) is 7.09. The monoisotopic (exact) mass is 290 g/mol. The Morgan fingerprint density at radius 1 is 1.15 bits per heavy atom. The molecule has 0 saturated carbocycles. The molecule has 0 radical (unpaired) electrons. The summed E-state index contributed by atoms with van der Waals surface area (Å²) in [6, 6.07) is 15.3. The van der Waals surface area contributed by atoms with Gasteiger partial charge in [-0.1, -0.05) is 43.3 Å². The SMILES string of the molecule is CC1(CN)CCN(Cc2ccc3ccccc3c2)C1.Cl. The van der Waals surface area contributed by atoms with Crippen molar-refractivity contribution in [2.45, 2.75) is 19.9 Å². The maximum atomic E-state index is 5.87. The first-order valence-corrected chi connectivity index (χ1v) is 7.09. The van der Waals surface area contributed by atoms with Crippen LogP contribution in [0.4, 0.5) is 0 Å². The summed E-state index contributed by atoms with van der Waals surface area (Å²) in [6.45, 7) is 6.42. The van der Waals surface area contributed by atoms with Gasteiger partial charge in [-0.15, -0.1) is 12.4 Å². The molecule has 0 bridgehead atoms. The minimum Gasteiger partial charge on any atom is -0.330 e. The van der Waals surface area contributed by atoms with Gasteiger partial charge in [0.15, 0.2) is 0 Å². The second-order valence-corrected chi connectivity index (χ2v) is 6.16. The fourth-order valence-electron chi connectivity index (χ4n) is 3.02. The summed E-state index contributed by atoms with van der Waals surface area (Å²) < 4.78 is 0. The lowest BCUT2D eigenvalue weighted by Crippen LogP contribution is -2.31. The maximum absolute atomic E-state index is 5.87. The average Bonchev–Trinajstić information content (AvgIpc) is 2.81. The third-order valence-corrected chi connectivity index (χ3v) is 4.35. The van der Waals surface area contributed by atoms with E-state index in [2.05, 4.69) is 54.3 Å². The van der Waals surface area contributed by atoms with E-state index in [0.29, 0.717) is 5.41 Å². The molecule has 2 aromatic rings. The molecule has 2 N–H and O–H groups in total. The molecular formula is C17H23ClN2. The van der Waals surface area contributed by atoms with E-state index >= 15 is 0 Å². The van der Waals surface area contributed by atoms with Crippen LogP contribution in [0.15, 0.2) is 42.5 Å². The quantitative estimate of drug-likeness (QED) is 0.938. The number of hydrogen-bond donors (Lipinski definition) is 1. The Morgan fingerprint density at radius 2 is 1.90 bits per heavy atom. The molecule has 0 spiro atoms. The Kier molecular flexibility index (Phi) is 4.69. The van der Waals surface area contributed by atoms with Gasteiger partial charge in [-0.25, -0.2) is 0 Å². The lowest BCUT2D eigenvalue weighted by Gasteiger charge is -2.22. The van der Waals surface area contributed by atoms with Crippen LogP contribution < -0.4 is 5.73 Å². The highest BCUT2D eigenvalue weighted by Crippen LogP contribution is 2.29. The first kappa shape index (κ1) is 15.3. The molecule has 3 heteroatoms. The van der Waals surface area contributed by atoms with E-state index in [1.165, 1.54) is 29.3 Å². The highest BCUT2D eigenvalue weighted by atomic mass is 35.5. The third kappa shape index (κ3) is 3.14. The molecule has 1 saturated heterocycles. The molecule has 1 fully saturated rings. The van der Waals surface area contributed by atoms with Crippen molar-refractivity contribution in [2.75, 3.05) is 19.6 Å². The van der Waals surface area contributed by atoms with Crippen LogP contribution >= 0.6 is 12.4 Å². The molecule has 1 unspecified atom stereocenters. The molecule has 2 aromatic carbocycles. The topological polar surface area (TPSA) is 29.3 Å². The number of halogens is 1. The molecule has 1 atom stereocenters. The van der Waals surface area contributed by atoms with Gasteiger partial charge in [-0.3, -0.25) is 4.90 Å². The van der Waals surface area contributed by atoms with Gasteiger partial charge in [-0.05, 0) is 47.3 Å². The van der Waals surface area contributed by atoms with Crippen molar-refractivity contribution in [3.8, 4) is 0 Å². The van der Waals surface area contributed by atoms with Gasteiger partial charge in [0.05, 0.1) is 0 Å². The maximum Gasteiger partial charge on any atom is 0.0234 e. The molecule has 1 aliphatic heterocycles. The van der Waals surface area contributed by atoms with Crippen LogP contribution in [-0.4, -0.2) is 24.5 Å². The first-order chi connectivity index (χ1) is 9.18. The second kappa shape index (κ2) is 6.13. The minimum atomic E-state index is 0. The van der Waals surface area contributed by atoms with Gasteiger partial charge in [0, 0.05) is 13.1 Å². The lowest BCUT2D eigenvalue weighted by atomic mass is 9.90. The van der Waals surface area contributed by atoms with Gasteiger partial charge in [-0.2, -0.15) is 0 Å². The van der Waals surface area contributed by atoms with Gasteiger partial charge >= 0.3 is 0 Å². The predicted octanol–water partition coefficient (Wildman–Crippen LogP) is 3.43. The van der Waals surface area contributed by atoms with E-state index < -0.39 is 0 Å². The zero-order valence-electron chi connectivity index (χ0n) is 12.0. The predicted molar refractivity (Wildman–Crippen MR) is 88.3 cm³/mol. The Balaban J connectivity index is 0.00000147. The Morgan fingerprint density at radius 3 is 2.60 bits per heavy atom. The molecular weight excluding hydrogens is 268 g/mol. The van der Waals surface area contributed by atoms with Crippen molar-refractivity contribution in [2.24, 2.45) is 11.1 Å². The van der Waals surface area contributed by atoms with Gasteiger partial charge < -0.3 is 5.73 Å². The van der Waals surface area contributed by atoms with Crippen molar-refractivity contribution in [1.29, 1.82) is 0 Å². The molecule has 1 aliphatic rings. The number of hydrogen-bond acceptors (Lipinski definition) is 2. The number of fused-ring (bicyclic) bond motifs is 1. The third-order valence-electron chi connectivity index (χ3n) is 4.35. The molecule has 0 aliphatic carbocycles. The van der Waals surface area contributed by atoms with E-state index in [0.717, 1.165) is 19.6 Å². The fourth-order valence-corrected chi connectivity index (χ4v) is 3.02. The van der Waals surface area contributed by atoms with E-state index in [4.69, 9.17) is 5.73 Å². The standard InChI is InChI=1S/C17H22N2.ClH/c1-17(12-18)8-9-19(13-17)11-14-6-7-15-4-2-3-5-16(15)10-14;/h2-7,10H,8-9,11-13,18H2,1H3;1H. The summed E-state index contributed by atoms with van der Waals surface area (Å²) in [5.41, 5.74) is 7.59. The van der Waals surface area contributed by atoms with E-state index in [1.54, 1.807) is 0 Å². The molecule has 2 nitrogen and oxygen atoms in total. The normalized spacial score (nSPS) is 22.9. The number of nitrogens with zero attached hydrogens (tertiary/aromatic N) is 1. The van der Waals surface area contributed by atoms with Crippen molar-refractivity contribution in [3.63, 3.8) is 0 Å². The summed E-state index contributed by atoms with van der Waals surface area (Å²) in [5.74, 6) is 0. The van der Waals surface area contributed by atoms with E-state index in [-0.39, 0.29) is 12.4 Å². The highest BCUT2D eigenvalue weighted by molar-refractivity contribution is 5.85. The Hall–Kier alpha value is -1.09. The molecule has 0 aromatic heterocycles. The van der Waals surface area contributed by atoms with Crippen molar-refractivity contribution >= 4 is 23.2 Å². The molecule has 1 heterocycles. The molecule has 20 heavy (non-hydrogen) atoms. The van der Waals surface area contributed by atoms with E-state index in [1.807, 2.05) is 0 Å². The Bertz CT molecular complexity index is 584. The van der Waals surface area contributed by atoms with Crippen LogP contribution in [0.5, 0.6) is 0 Å². The van der Waals surface area contributed by atoms with Gasteiger partial charge in [0.1, 0.15) is 0 Å². The van der Waals surface area contributed by atoms with Crippen molar-refractivity contribution < 1.29 is 0 Å². The Labute approximate surface area is 127 Å². The summed E-state index contributed by atoms with van der Waals surface area (Å²) in [5, 5.41) is 2.65. The van der Waals surface area contributed by atoms with Gasteiger partial charge in [0.25, 0.3) is 0 Å². The zero-order valence-corrected chi connectivity index (χ0v) is 12.8. The highest BCUT2D eigenvalue weighted by Gasteiger charge is 2.32. The molecule has 108 valence electrons. The lowest BCUT2D eigenvalue weighted by molar-refractivity contribution is 0.274. The molecule has 3 rings (SSSR count). The van der Waals surface area contributed by atoms with Crippen molar-refractivity contribution in [1.82, 2.24) is 4.90 Å². The molecule has 0 amide bonds. The van der Waals surface area contributed by atoms with Crippen LogP contribution in [-0.2, 0) is 6.54 Å². The largest absolute Gasteiger partial charge is 0.330 e. The summed E-state index contributed by atoms with van der Waals surface area (Å²) >= 11 is 0. The smallest absolute Gasteiger partial charge is 0.0234 e. The van der Waals surface area contributed by atoms with Crippen molar-refractivity contribution in [3.05, 3.63) is 48.0 Å². The zero-order chi connectivity index (χ0) is 13.3. The van der Waals surface area contributed by atoms with Crippen LogP contribution in [0.3, 0.4) is 0 Å². The summed E-state index contributed by atoms with van der Waals surface area (Å²) in [6.07, 6.45) is 1.22. The van der Waals surface area contributed by atoms with Crippen LogP contribution in [0.25, 0.3) is 10.8 Å². The van der Waals surface area contributed by atoms with Gasteiger partial charge in [0.2, 0.25) is 0 Å². The summed E-state index contributed by atoms with van der Waals surface area (Å²) in [7, 11) is 0. The summed E-state index contributed by atoms with van der Waals surface area (Å²) in [4.78, 5) is 2.52. The van der Waals surface area contributed by atoms with Crippen LogP contribution in [0.1, 0.15) is 18.9 Å². The van der Waals surface area contributed by atoms with Crippen LogP contribution in [0, 0.1) is 5.41 Å². The fraction of sp³-hybridized carbons (Fsp3) is 0.412. The number of benzene rings is 2. The second-order valence-electron chi connectivity index (χ2n) is 6.16. The number of rotatable bonds is 3. The van der Waals surface area contributed by atoms with Crippen LogP contribution in [0.2, 0.25) is 0 Å². The number of likely N-dealkylation sites (tertiary alicyclic amines) is 1.